The van der Waals surface area contributed by atoms with Gasteiger partial charge in [-0.15, -0.1) is 11.3 Å². The molecule has 2 saturated heterocycles. The molecule has 33 heavy (non-hydrogen) atoms. The molecule has 2 aliphatic heterocycles. The second kappa shape index (κ2) is 7.89. The second-order valence-corrected chi connectivity index (χ2v) is 11.6. The molecule has 0 aromatic carbocycles. The predicted octanol–water partition coefficient (Wildman–Crippen LogP) is 4.98. The number of hydrogen-bond donors (Lipinski definition) is 1. The number of likely N-dealkylation sites (tertiary alicyclic amines) is 1. The summed E-state index contributed by atoms with van der Waals surface area (Å²) in [4.78, 5) is 15.8. The molecule has 174 valence electrons. The summed E-state index contributed by atoms with van der Waals surface area (Å²) in [6.45, 7) is 14.3. The van der Waals surface area contributed by atoms with Crippen molar-refractivity contribution in [2.45, 2.75) is 52.4 Å². The van der Waals surface area contributed by atoms with Crippen LogP contribution in [0.3, 0.4) is 0 Å². The van der Waals surface area contributed by atoms with E-state index in [9.17, 15) is 0 Å². The molecule has 6 rings (SSSR count). The molecule has 0 saturated carbocycles. The van der Waals surface area contributed by atoms with Crippen LogP contribution in [0.4, 0.5) is 0 Å². The normalized spacial score (nSPS) is 19.7. The van der Waals surface area contributed by atoms with Gasteiger partial charge in [-0.25, -0.2) is 14.5 Å². The lowest BCUT2D eigenvalue weighted by Gasteiger charge is -2.43. The average molecular weight is 465 g/mol. The molecule has 4 aromatic rings. The van der Waals surface area contributed by atoms with Gasteiger partial charge >= 0.3 is 0 Å². The van der Waals surface area contributed by atoms with Gasteiger partial charge in [-0.05, 0) is 56.0 Å². The first-order valence-electron chi connectivity index (χ1n) is 12.0. The Hall–Kier alpha value is -2.29. The van der Waals surface area contributed by atoms with Crippen molar-refractivity contribution in [2.24, 2.45) is 5.41 Å². The summed E-state index contributed by atoms with van der Waals surface area (Å²) in [6.07, 6.45) is 6.07. The highest BCUT2D eigenvalue weighted by molar-refractivity contribution is 7.18. The van der Waals surface area contributed by atoms with Crippen LogP contribution in [0.15, 0.2) is 18.6 Å². The van der Waals surface area contributed by atoms with E-state index in [1.54, 1.807) is 6.33 Å². The van der Waals surface area contributed by atoms with Crippen LogP contribution in [0.2, 0.25) is 0 Å². The van der Waals surface area contributed by atoms with Crippen molar-refractivity contribution in [2.75, 3.05) is 32.8 Å². The standard InChI is InChI=1S/C25H32N6OS/c1-15(2)19-20(18-9-16(3)23-26-14-27-31(23)10-18)28-22-21(19)33-24(29-22)17-5-7-30(8-6-17)11-25(4)12-32-13-25/h9-10,14-15,17,28H,5-8,11-13H2,1-4H3. The largest absolute Gasteiger partial charge is 0.380 e. The third-order valence-electron chi connectivity index (χ3n) is 7.27. The van der Waals surface area contributed by atoms with E-state index in [0.29, 0.717) is 17.3 Å². The van der Waals surface area contributed by atoms with Gasteiger partial charge < -0.3 is 14.6 Å². The average Bonchev–Trinajstić information content (AvgIpc) is 3.47. The number of aromatic amines is 1. The van der Waals surface area contributed by atoms with E-state index in [0.717, 1.165) is 61.0 Å². The minimum atomic E-state index is 0.361. The molecule has 0 spiro atoms. The number of fused-ring (bicyclic) bond motifs is 2. The zero-order valence-corrected chi connectivity index (χ0v) is 20.7. The van der Waals surface area contributed by atoms with E-state index in [4.69, 9.17) is 9.72 Å². The molecular weight excluding hydrogens is 432 g/mol. The number of thiazole rings is 1. The molecule has 2 fully saturated rings. The maximum atomic E-state index is 5.44. The highest BCUT2D eigenvalue weighted by Gasteiger charge is 2.36. The van der Waals surface area contributed by atoms with Gasteiger partial charge in [0.2, 0.25) is 0 Å². The van der Waals surface area contributed by atoms with Gasteiger partial charge in [-0.2, -0.15) is 5.10 Å². The quantitative estimate of drug-likeness (QED) is 0.451. The summed E-state index contributed by atoms with van der Waals surface area (Å²) < 4.78 is 8.62. The molecule has 4 aromatic heterocycles. The highest BCUT2D eigenvalue weighted by Crippen LogP contribution is 2.42. The van der Waals surface area contributed by atoms with E-state index in [2.05, 4.69) is 59.9 Å². The lowest BCUT2D eigenvalue weighted by molar-refractivity contribution is -0.116. The minimum absolute atomic E-state index is 0.361. The summed E-state index contributed by atoms with van der Waals surface area (Å²) in [5.41, 5.74) is 7.10. The van der Waals surface area contributed by atoms with E-state index in [1.165, 1.54) is 28.1 Å². The van der Waals surface area contributed by atoms with Crippen LogP contribution in [-0.4, -0.2) is 62.3 Å². The van der Waals surface area contributed by atoms with Gasteiger partial charge in [-0.1, -0.05) is 20.8 Å². The molecule has 7 nitrogen and oxygen atoms in total. The summed E-state index contributed by atoms with van der Waals surface area (Å²) in [5, 5.41) is 5.66. The van der Waals surface area contributed by atoms with E-state index in [1.807, 2.05) is 15.9 Å². The van der Waals surface area contributed by atoms with Crippen LogP contribution >= 0.6 is 11.3 Å². The van der Waals surface area contributed by atoms with Crippen LogP contribution in [0, 0.1) is 12.3 Å². The Morgan fingerprint density at radius 3 is 2.76 bits per heavy atom. The number of H-pyrrole nitrogens is 1. The van der Waals surface area contributed by atoms with Crippen LogP contribution in [0.5, 0.6) is 0 Å². The number of aromatic nitrogens is 5. The smallest absolute Gasteiger partial charge is 0.158 e. The maximum Gasteiger partial charge on any atom is 0.158 e. The SMILES string of the molecule is Cc1cc(-c2[nH]c3nc(C4CCN(CC5(C)COC5)CC4)sc3c2C(C)C)cn2ncnc12. The zero-order valence-electron chi connectivity index (χ0n) is 19.9. The number of nitrogens with zero attached hydrogens (tertiary/aromatic N) is 5. The van der Waals surface area contributed by atoms with Crippen molar-refractivity contribution in [3.63, 3.8) is 0 Å². The van der Waals surface area contributed by atoms with Crippen LogP contribution < -0.4 is 0 Å². The monoisotopic (exact) mass is 464 g/mol. The number of rotatable bonds is 5. The molecule has 0 amide bonds. The Bertz CT molecular complexity index is 1310. The molecule has 0 bridgehead atoms. The fourth-order valence-electron chi connectivity index (χ4n) is 5.51. The molecular formula is C25H32N6OS. The molecule has 0 radical (unpaired) electrons. The van der Waals surface area contributed by atoms with Gasteiger partial charge in [-0.3, -0.25) is 0 Å². The first-order chi connectivity index (χ1) is 15.9. The van der Waals surface area contributed by atoms with Crippen molar-refractivity contribution in [1.29, 1.82) is 0 Å². The highest BCUT2D eigenvalue weighted by atomic mass is 32.1. The van der Waals surface area contributed by atoms with Gasteiger partial charge in [0.15, 0.2) is 5.65 Å². The third-order valence-corrected chi connectivity index (χ3v) is 8.52. The lowest BCUT2D eigenvalue weighted by Crippen LogP contribution is -2.50. The number of hydrogen-bond acceptors (Lipinski definition) is 6. The molecule has 0 unspecified atom stereocenters. The number of nitrogens with one attached hydrogen (secondary N) is 1. The summed E-state index contributed by atoms with van der Waals surface area (Å²) in [6, 6.07) is 2.20. The summed E-state index contributed by atoms with van der Waals surface area (Å²) >= 11 is 1.90. The van der Waals surface area contributed by atoms with Crippen molar-refractivity contribution in [3.8, 4) is 11.3 Å². The zero-order chi connectivity index (χ0) is 22.7. The van der Waals surface area contributed by atoms with Gasteiger partial charge in [0.1, 0.15) is 12.0 Å². The van der Waals surface area contributed by atoms with Crippen LogP contribution in [0.1, 0.15) is 61.6 Å². The topological polar surface area (TPSA) is 71.3 Å². The van der Waals surface area contributed by atoms with Crippen LogP contribution in [-0.2, 0) is 4.74 Å². The summed E-state index contributed by atoms with van der Waals surface area (Å²) in [5.74, 6) is 0.968. The van der Waals surface area contributed by atoms with Crippen molar-refractivity contribution in [3.05, 3.63) is 34.7 Å². The van der Waals surface area contributed by atoms with Gasteiger partial charge in [0, 0.05) is 29.6 Å². The Morgan fingerprint density at radius 2 is 2.06 bits per heavy atom. The summed E-state index contributed by atoms with van der Waals surface area (Å²) in [7, 11) is 0. The number of ether oxygens (including phenoxy) is 1. The second-order valence-electron chi connectivity index (χ2n) is 10.6. The van der Waals surface area contributed by atoms with E-state index in [-0.39, 0.29) is 0 Å². The molecule has 8 heteroatoms. The first kappa shape index (κ1) is 21.3. The van der Waals surface area contributed by atoms with E-state index >= 15 is 0 Å². The Labute approximate surface area is 198 Å². The van der Waals surface area contributed by atoms with Crippen molar-refractivity contribution < 1.29 is 4.74 Å². The molecule has 0 aliphatic carbocycles. The Balaban J connectivity index is 1.27. The molecule has 6 heterocycles. The van der Waals surface area contributed by atoms with Gasteiger partial charge in [0.25, 0.3) is 0 Å². The Morgan fingerprint density at radius 1 is 1.27 bits per heavy atom. The van der Waals surface area contributed by atoms with E-state index < -0.39 is 0 Å². The number of aryl methyl sites for hydroxylation is 1. The minimum Gasteiger partial charge on any atom is -0.380 e. The van der Waals surface area contributed by atoms with Gasteiger partial charge in [0.05, 0.1) is 28.6 Å². The number of pyridine rings is 1. The third kappa shape index (κ3) is 3.68. The number of piperidine rings is 1. The first-order valence-corrected chi connectivity index (χ1v) is 12.8. The maximum absolute atomic E-state index is 5.44. The van der Waals surface area contributed by atoms with Crippen LogP contribution in [0.25, 0.3) is 27.3 Å². The molecule has 1 N–H and O–H groups in total. The molecule has 2 aliphatic rings. The van der Waals surface area contributed by atoms with Crippen molar-refractivity contribution in [1.82, 2.24) is 29.5 Å². The predicted molar refractivity (Wildman–Crippen MR) is 132 cm³/mol. The lowest BCUT2D eigenvalue weighted by atomic mass is 9.86. The Kier molecular flexibility index (Phi) is 5.08. The molecule has 0 atom stereocenters. The van der Waals surface area contributed by atoms with Crippen molar-refractivity contribution >= 4 is 27.3 Å². The fraction of sp³-hybridized carbons (Fsp3) is 0.560. The fourth-order valence-corrected chi connectivity index (χ4v) is 6.90.